The van der Waals surface area contributed by atoms with Gasteiger partial charge in [0.2, 0.25) is 5.91 Å². The Balaban J connectivity index is 1.69. The molecule has 1 heterocycles. The molecule has 30 heavy (non-hydrogen) atoms. The third-order valence-electron chi connectivity index (χ3n) is 6.15. The molecule has 0 aromatic heterocycles. The zero-order valence-electron chi connectivity index (χ0n) is 17.8. The minimum Gasteiger partial charge on any atom is -0.493 e. The minimum atomic E-state index is -0.205. The van der Waals surface area contributed by atoms with Gasteiger partial charge in [0, 0.05) is 30.6 Å². The molecule has 1 amide bonds. The van der Waals surface area contributed by atoms with Gasteiger partial charge in [0.25, 0.3) is 0 Å². The zero-order valence-corrected chi connectivity index (χ0v) is 17.8. The number of amides is 1. The first-order valence-corrected chi connectivity index (χ1v) is 10.5. The van der Waals surface area contributed by atoms with E-state index in [2.05, 4.69) is 10.2 Å². The molecule has 160 valence electrons. The number of ether oxygens (including phenoxy) is 2. The van der Waals surface area contributed by atoms with Crippen molar-refractivity contribution in [3.63, 3.8) is 0 Å². The molecule has 0 unspecified atom stereocenters. The molecule has 4 rings (SSSR count). The lowest BCUT2D eigenvalue weighted by molar-refractivity contribution is -0.123. The lowest BCUT2D eigenvalue weighted by Gasteiger charge is -2.41. The SMILES string of the molecule is COc1cc2c(cc1OC)[C@H]([C@@H](C)NC(=O)C1CC1)N(Cc1ccccc1F)CC2. The summed E-state index contributed by atoms with van der Waals surface area (Å²) < 4.78 is 25.4. The summed E-state index contributed by atoms with van der Waals surface area (Å²) in [6.45, 7) is 3.28. The highest BCUT2D eigenvalue weighted by atomic mass is 19.1. The number of hydrogen-bond acceptors (Lipinski definition) is 4. The Morgan fingerprint density at radius 1 is 1.20 bits per heavy atom. The van der Waals surface area contributed by atoms with E-state index < -0.39 is 0 Å². The number of methoxy groups -OCH3 is 2. The standard InChI is InChI=1S/C24H29FN2O3/c1-15(26-24(28)16-8-9-16)23-19-13-22(30-3)21(29-2)12-17(19)10-11-27(23)14-18-6-4-5-7-20(18)25/h4-7,12-13,15-16,23H,8-11,14H2,1-3H3,(H,26,28)/t15-,23+/m1/s1. The topological polar surface area (TPSA) is 50.8 Å². The average Bonchev–Trinajstić information content (AvgIpc) is 3.59. The highest BCUT2D eigenvalue weighted by molar-refractivity contribution is 5.81. The predicted molar refractivity (Wildman–Crippen MR) is 113 cm³/mol. The van der Waals surface area contributed by atoms with E-state index in [1.807, 2.05) is 31.2 Å². The highest BCUT2D eigenvalue weighted by Crippen LogP contribution is 2.40. The van der Waals surface area contributed by atoms with E-state index in [1.165, 1.54) is 11.6 Å². The molecule has 0 radical (unpaired) electrons. The second kappa shape index (κ2) is 8.64. The van der Waals surface area contributed by atoms with Crippen molar-refractivity contribution in [2.45, 2.75) is 44.8 Å². The molecular formula is C24H29FN2O3. The maximum Gasteiger partial charge on any atom is 0.223 e. The summed E-state index contributed by atoms with van der Waals surface area (Å²) in [6, 6.07) is 10.7. The summed E-state index contributed by atoms with van der Waals surface area (Å²) in [7, 11) is 3.25. The molecule has 1 aliphatic heterocycles. The summed E-state index contributed by atoms with van der Waals surface area (Å²) in [5.74, 6) is 1.41. The van der Waals surface area contributed by atoms with E-state index in [-0.39, 0.29) is 29.7 Å². The zero-order chi connectivity index (χ0) is 21.3. The van der Waals surface area contributed by atoms with Crippen molar-refractivity contribution in [1.29, 1.82) is 0 Å². The average molecular weight is 413 g/mol. The molecule has 2 atom stereocenters. The second-order valence-electron chi connectivity index (χ2n) is 8.23. The fraction of sp³-hybridized carbons (Fsp3) is 0.458. The number of nitrogens with one attached hydrogen (secondary N) is 1. The highest BCUT2D eigenvalue weighted by Gasteiger charge is 2.36. The number of carbonyl (C=O) groups is 1. The van der Waals surface area contributed by atoms with Crippen LogP contribution in [0.3, 0.4) is 0 Å². The van der Waals surface area contributed by atoms with Gasteiger partial charge in [0.05, 0.1) is 20.3 Å². The van der Waals surface area contributed by atoms with Crippen molar-refractivity contribution >= 4 is 5.91 Å². The second-order valence-corrected chi connectivity index (χ2v) is 8.23. The number of halogens is 1. The van der Waals surface area contributed by atoms with Crippen molar-refractivity contribution in [3.05, 3.63) is 58.9 Å². The Kier molecular flexibility index (Phi) is 5.95. The maximum atomic E-state index is 14.4. The fourth-order valence-corrected chi connectivity index (χ4v) is 4.40. The van der Waals surface area contributed by atoms with Crippen LogP contribution in [0.1, 0.15) is 42.5 Å². The van der Waals surface area contributed by atoms with Gasteiger partial charge in [0.15, 0.2) is 11.5 Å². The third-order valence-corrected chi connectivity index (χ3v) is 6.15. The van der Waals surface area contributed by atoms with E-state index in [0.29, 0.717) is 23.6 Å². The van der Waals surface area contributed by atoms with Crippen molar-refractivity contribution in [2.24, 2.45) is 5.92 Å². The van der Waals surface area contributed by atoms with Crippen molar-refractivity contribution in [2.75, 3.05) is 20.8 Å². The fourth-order valence-electron chi connectivity index (χ4n) is 4.40. The Morgan fingerprint density at radius 2 is 1.90 bits per heavy atom. The molecule has 0 spiro atoms. The van der Waals surface area contributed by atoms with Crippen molar-refractivity contribution in [3.8, 4) is 11.5 Å². The molecule has 5 nitrogen and oxygen atoms in total. The predicted octanol–water partition coefficient (Wildman–Crippen LogP) is 3.86. The first-order chi connectivity index (χ1) is 14.5. The molecule has 2 aliphatic rings. The van der Waals surface area contributed by atoms with Gasteiger partial charge in [0.1, 0.15) is 5.82 Å². The van der Waals surface area contributed by atoms with Crippen LogP contribution in [0.5, 0.6) is 11.5 Å². The number of rotatable bonds is 7. The Hall–Kier alpha value is -2.60. The molecule has 1 saturated carbocycles. The molecule has 1 aliphatic carbocycles. The van der Waals surface area contributed by atoms with Gasteiger partial charge in [-0.3, -0.25) is 9.69 Å². The van der Waals surface area contributed by atoms with E-state index >= 15 is 0 Å². The molecule has 6 heteroatoms. The Bertz CT molecular complexity index is 929. The van der Waals surface area contributed by atoms with Crippen LogP contribution in [0.15, 0.2) is 36.4 Å². The molecule has 1 fully saturated rings. The van der Waals surface area contributed by atoms with Crippen LogP contribution in [-0.2, 0) is 17.8 Å². The van der Waals surface area contributed by atoms with Crippen LogP contribution >= 0.6 is 0 Å². The molecule has 1 N–H and O–H groups in total. The third kappa shape index (κ3) is 4.15. The van der Waals surface area contributed by atoms with E-state index in [9.17, 15) is 9.18 Å². The number of carbonyl (C=O) groups excluding carboxylic acids is 1. The van der Waals surface area contributed by atoms with Gasteiger partial charge < -0.3 is 14.8 Å². The normalized spacial score (nSPS) is 19.7. The molecule has 0 bridgehead atoms. The minimum absolute atomic E-state index is 0.0872. The number of hydrogen-bond donors (Lipinski definition) is 1. The van der Waals surface area contributed by atoms with Crippen LogP contribution in [-0.4, -0.2) is 37.6 Å². The van der Waals surface area contributed by atoms with Crippen LogP contribution < -0.4 is 14.8 Å². The Labute approximate surface area is 177 Å². The number of nitrogens with zero attached hydrogens (tertiary/aromatic N) is 1. The number of benzene rings is 2. The molecule has 2 aromatic carbocycles. The van der Waals surface area contributed by atoms with Gasteiger partial charge in [-0.1, -0.05) is 18.2 Å². The van der Waals surface area contributed by atoms with Crippen molar-refractivity contribution < 1.29 is 18.7 Å². The number of fused-ring (bicyclic) bond motifs is 1. The van der Waals surface area contributed by atoms with Crippen LogP contribution in [0.2, 0.25) is 0 Å². The molecule has 0 saturated heterocycles. The molecular weight excluding hydrogens is 383 g/mol. The van der Waals surface area contributed by atoms with Crippen molar-refractivity contribution in [1.82, 2.24) is 10.2 Å². The summed E-state index contributed by atoms with van der Waals surface area (Å²) in [5.41, 5.74) is 2.93. The van der Waals surface area contributed by atoms with Gasteiger partial charge >= 0.3 is 0 Å². The summed E-state index contributed by atoms with van der Waals surface area (Å²) in [4.78, 5) is 14.7. The van der Waals surface area contributed by atoms with Crippen LogP contribution in [0.25, 0.3) is 0 Å². The molecule has 2 aromatic rings. The van der Waals surface area contributed by atoms with Gasteiger partial charge in [-0.2, -0.15) is 0 Å². The first-order valence-electron chi connectivity index (χ1n) is 10.5. The quantitative estimate of drug-likeness (QED) is 0.750. The Morgan fingerprint density at radius 3 is 2.57 bits per heavy atom. The lowest BCUT2D eigenvalue weighted by Crippen LogP contribution is -2.47. The van der Waals surface area contributed by atoms with E-state index in [0.717, 1.165) is 31.4 Å². The van der Waals surface area contributed by atoms with E-state index in [4.69, 9.17) is 9.47 Å². The lowest BCUT2D eigenvalue weighted by atomic mass is 9.87. The largest absolute Gasteiger partial charge is 0.493 e. The van der Waals surface area contributed by atoms with E-state index in [1.54, 1.807) is 20.3 Å². The first kappa shape index (κ1) is 20.7. The maximum absolute atomic E-state index is 14.4. The van der Waals surface area contributed by atoms with Gasteiger partial charge in [-0.25, -0.2) is 4.39 Å². The summed E-state index contributed by atoms with van der Waals surface area (Å²) >= 11 is 0. The monoisotopic (exact) mass is 412 g/mol. The van der Waals surface area contributed by atoms with Gasteiger partial charge in [-0.05, 0) is 55.5 Å². The summed E-state index contributed by atoms with van der Waals surface area (Å²) in [6.07, 6.45) is 2.75. The summed E-state index contributed by atoms with van der Waals surface area (Å²) in [5, 5.41) is 3.20. The van der Waals surface area contributed by atoms with Crippen LogP contribution in [0.4, 0.5) is 4.39 Å². The van der Waals surface area contributed by atoms with Crippen LogP contribution in [0, 0.1) is 11.7 Å². The smallest absolute Gasteiger partial charge is 0.223 e. The van der Waals surface area contributed by atoms with Gasteiger partial charge in [-0.15, -0.1) is 0 Å².